The molecule has 1 heterocycles. The molecule has 9 heteroatoms. The van der Waals surface area contributed by atoms with E-state index < -0.39 is 46.4 Å². The number of nitrogens with zero attached hydrogens (tertiary/aromatic N) is 1. The molecule has 0 aliphatic rings. The fourth-order valence-corrected chi connectivity index (χ4v) is 3.65. The van der Waals surface area contributed by atoms with Gasteiger partial charge < -0.3 is 4.74 Å². The number of aromatic nitrogens is 1. The molecule has 0 atom stereocenters. The zero-order chi connectivity index (χ0) is 24.6. The first-order chi connectivity index (χ1) is 15.4. The Bertz CT molecular complexity index is 1200. The van der Waals surface area contributed by atoms with Crippen LogP contribution >= 0.6 is 0 Å². The maximum absolute atomic E-state index is 14.4. The van der Waals surface area contributed by atoms with Gasteiger partial charge in [0, 0.05) is 11.1 Å². The summed E-state index contributed by atoms with van der Waals surface area (Å²) < 4.78 is 90.6. The van der Waals surface area contributed by atoms with Crippen LogP contribution in [0.4, 0.5) is 26.3 Å². The number of rotatable bonds is 4. The lowest BCUT2D eigenvalue weighted by atomic mass is 9.85. The number of hydrogen-bond donors (Lipinski definition) is 0. The number of ether oxygens (including phenoxy) is 1. The highest BCUT2D eigenvalue weighted by Crippen LogP contribution is 2.49. The lowest BCUT2D eigenvalue weighted by Crippen LogP contribution is -2.23. The number of esters is 1. The summed E-state index contributed by atoms with van der Waals surface area (Å²) in [4.78, 5) is 15.7. The molecule has 0 saturated heterocycles. The molecule has 33 heavy (non-hydrogen) atoms. The lowest BCUT2D eigenvalue weighted by molar-refractivity contribution is -0.144. The van der Waals surface area contributed by atoms with E-state index >= 15 is 0 Å². The Hall–Kier alpha value is -3.36. The number of alkyl halides is 6. The fourth-order valence-electron chi connectivity index (χ4n) is 3.65. The zero-order valence-corrected chi connectivity index (χ0v) is 17.9. The van der Waals surface area contributed by atoms with E-state index in [-0.39, 0.29) is 17.7 Å². The molecule has 0 aliphatic heterocycles. The van der Waals surface area contributed by atoms with Crippen LogP contribution in [0.2, 0.25) is 0 Å². The summed E-state index contributed by atoms with van der Waals surface area (Å²) >= 11 is 0. The molecular weight excluding hydrogens is 448 g/mol. The molecule has 0 unspecified atom stereocenters. The van der Waals surface area contributed by atoms with Crippen molar-refractivity contribution in [3.05, 3.63) is 76.6 Å². The number of carbonyl (C=O) groups excluding carboxylic acids is 1. The summed E-state index contributed by atoms with van der Waals surface area (Å²) in [7, 11) is 0. The normalized spacial score (nSPS) is 12.0. The van der Waals surface area contributed by atoms with Crippen molar-refractivity contribution in [3.63, 3.8) is 0 Å². The topological polar surface area (TPSA) is 39.2 Å². The van der Waals surface area contributed by atoms with Crippen molar-refractivity contribution >= 4 is 5.97 Å². The molecule has 0 N–H and O–H groups in total. The Labute approximate surface area is 186 Å². The molecule has 0 bridgehead atoms. The summed E-state index contributed by atoms with van der Waals surface area (Å²) in [5.74, 6) is -1.58. The van der Waals surface area contributed by atoms with Crippen molar-refractivity contribution in [1.82, 2.24) is 4.98 Å². The van der Waals surface area contributed by atoms with Gasteiger partial charge in [-0.05, 0) is 43.0 Å². The van der Waals surface area contributed by atoms with Gasteiger partial charge in [0.2, 0.25) is 0 Å². The Balaban J connectivity index is 2.68. The minimum absolute atomic E-state index is 0.0727. The van der Waals surface area contributed by atoms with Crippen LogP contribution < -0.4 is 0 Å². The number of benzene rings is 2. The zero-order valence-electron chi connectivity index (χ0n) is 17.9. The molecule has 0 aliphatic carbocycles. The van der Waals surface area contributed by atoms with E-state index in [0.717, 1.165) is 0 Å². The molecule has 0 radical (unpaired) electrons. The van der Waals surface area contributed by atoms with Gasteiger partial charge in [-0.2, -0.15) is 26.3 Å². The number of hydrogen-bond acceptors (Lipinski definition) is 3. The van der Waals surface area contributed by atoms with Crippen LogP contribution in [-0.4, -0.2) is 17.6 Å². The lowest BCUT2D eigenvalue weighted by Gasteiger charge is -2.25. The second-order valence-electron chi connectivity index (χ2n) is 7.28. The first-order valence-electron chi connectivity index (χ1n) is 9.89. The van der Waals surface area contributed by atoms with Crippen molar-refractivity contribution in [1.29, 1.82) is 0 Å². The predicted octanol–water partition coefficient (Wildman–Crippen LogP) is 7.25. The smallest absolute Gasteiger partial charge is 0.434 e. The minimum Gasteiger partial charge on any atom is -0.461 e. The van der Waals surface area contributed by atoms with Crippen LogP contribution in [0.5, 0.6) is 0 Å². The largest absolute Gasteiger partial charge is 0.461 e. The summed E-state index contributed by atoms with van der Waals surface area (Å²) in [5.41, 5.74) is -5.64. The molecular formula is C24H19F6NO2. The highest BCUT2D eigenvalue weighted by Gasteiger charge is 2.46. The minimum atomic E-state index is -5.20. The van der Waals surface area contributed by atoms with Gasteiger partial charge in [-0.25, -0.2) is 9.78 Å². The number of aryl methyl sites for hydroxylation is 2. The average molecular weight is 467 g/mol. The van der Waals surface area contributed by atoms with Crippen molar-refractivity contribution in [2.24, 2.45) is 0 Å². The maximum Gasteiger partial charge on any atom is 0.434 e. The van der Waals surface area contributed by atoms with E-state index in [0.29, 0.717) is 11.1 Å². The van der Waals surface area contributed by atoms with E-state index in [1.165, 1.54) is 57.2 Å². The van der Waals surface area contributed by atoms with Gasteiger partial charge in [-0.1, -0.05) is 48.5 Å². The predicted molar refractivity (Wildman–Crippen MR) is 111 cm³/mol. The van der Waals surface area contributed by atoms with Gasteiger partial charge in [-0.3, -0.25) is 0 Å². The third-order valence-electron chi connectivity index (χ3n) is 5.05. The van der Waals surface area contributed by atoms with Crippen LogP contribution in [0.3, 0.4) is 0 Å². The third kappa shape index (κ3) is 4.72. The Morgan fingerprint density at radius 3 is 1.73 bits per heavy atom. The Morgan fingerprint density at radius 2 is 1.30 bits per heavy atom. The van der Waals surface area contributed by atoms with Gasteiger partial charge in [0.25, 0.3) is 0 Å². The first kappa shape index (κ1) is 24.3. The van der Waals surface area contributed by atoms with Crippen LogP contribution in [0, 0.1) is 13.8 Å². The SMILES string of the molecule is CCOC(=O)c1nc(C(F)(F)F)c(-c2ccccc2C)c(-c2ccccc2C)c1C(F)(F)F. The maximum atomic E-state index is 14.4. The Morgan fingerprint density at radius 1 is 0.818 bits per heavy atom. The second-order valence-corrected chi connectivity index (χ2v) is 7.28. The molecule has 3 nitrogen and oxygen atoms in total. The highest BCUT2D eigenvalue weighted by molar-refractivity contribution is 5.97. The average Bonchev–Trinajstić information content (AvgIpc) is 2.72. The molecule has 174 valence electrons. The number of halogens is 6. The van der Waals surface area contributed by atoms with Gasteiger partial charge in [-0.15, -0.1) is 0 Å². The standard InChI is InChI=1S/C24H19F6NO2/c1-4-33-22(32)20-19(23(25,26)27)17(15-11-7-5-9-13(15)2)18(21(31-20)24(28,29)30)16-12-8-6-10-14(16)3/h5-12H,4H2,1-3H3. The van der Waals surface area contributed by atoms with Gasteiger partial charge in [0.15, 0.2) is 11.4 Å². The second kappa shape index (κ2) is 8.88. The van der Waals surface area contributed by atoms with E-state index in [2.05, 4.69) is 9.72 Å². The molecule has 3 rings (SSSR count). The van der Waals surface area contributed by atoms with Gasteiger partial charge >= 0.3 is 18.3 Å². The summed E-state index contributed by atoms with van der Waals surface area (Å²) in [6.45, 7) is 3.97. The number of pyridine rings is 1. The van der Waals surface area contributed by atoms with Crippen LogP contribution in [0.25, 0.3) is 22.3 Å². The van der Waals surface area contributed by atoms with Gasteiger partial charge in [0.05, 0.1) is 12.2 Å². The monoisotopic (exact) mass is 467 g/mol. The third-order valence-corrected chi connectivity index (χ3v) is 5.05. The van der Waals surface area contributed by atoms with E-state index in [9.17, 15) is 31.1 Å². The fraction of sp³-hybridized carbons (Fsp3) is 0.250. The quantitative estimate of drug-likeness (QED) is 0.300. The summed E-state index contributed by atoms with van der Waals surface area (Å²) in [6, 6.07) is 11.5. The van der Waals surface area contributed by atoms with Crippen molar-refractivity contribution in [2.75, 3.05) is 6.61 Å². The number of carbonyl (C=O) groups is 1. The van der Waals surface area contributed by atoms with E-state index in [1.807, 2.05) is 0 Å². The first-order valence-corrected chi connectivity index (χ1v) is 9.89. The van der Waals surface area contributed by atoms with Crippen molar-refractivity contribution < 1.29 is 35.9 Å². The Kier molecular flexibility index (Phi) is 6.53. The van der Waals surface area contributed by atoms with E-state index in [1.54, 1.807) is 12.1 Å². The molecule has 3 aromatic rings. The van der Waals surface area contributed by atoms with E-state index in [4.69, 9.17) is 0 Å². The molecule has 0 amide bonds. The summed E-state index contributed by atoms with van der Waals surface area (Å²) in [5, 5.41) is 0. The molecule has 1 aromatic heterocycles. The molecule has 0 saturated carbocycles. The van der Waals surface area contributed by atoms with Crippen LogP contribution in [-0.2, 0) is 17.1 Å². The van der Waals surface area contributed by atoms with Gasteiger partial charge in [0.1, 0.15) is 0 Å². The van der Waals surface area contributed by atoms with Crippen LogP contribution in [0.15, 0.2) is 48.5 Å². The molecule has 2 aromatic carbocycles. The van der Waals surface area contributed by atoms with Crippen LogP contribution in [0.1, 0.15) is 39.8 Å². The van der Waals surface area contributed by atoms with Crippen molar-refractivity contribution in [3.8, 4) is 22.3 Å². The molecule has 0 fully saturated rings. The molecule has 0 spiro atoms. The van der Waals surface area contributed by atoms with Crippen molar-refractivity contribution in [2.45, 2.75) is 33.1 Å². The summed E-state index contributed by atoms with van der Waals surface area (Å²) in [6.07, 6.45) is -10.4. The highest BCUT2D eigenvalue weighted by atomic mass is 19.4.